The summed E-state index contributed by atoms with van der Waals surface area (Å²) in [6.45, 7) is 5.57. The van der Waals surface area contributed by atoms with Gasteiger partial charge in [0.1, 0.15) is 5.75 Å². The number of aryl methyl sites for hydroxylation is 1. The maximum absolute atomic E-state index is 5.96. The van der Waals surface area contributed by atoms with Crippen molar-refractivity contribution in [2.75, 3.05) is 13.2 Å². The van der Waals surface area contributed by atoms with E-state index in [0.29, 0.717) is 12.5 Å². The van der Waals surface area contributed by atoms with Crippen LogP contribution in [0, 0.1) is 13.8 Å². The lowest BCUT2D eigenvalue weighted by molar-refractivity contribution is 0.270. The van der Waals surface area contributed by atoms with Gasteiger partial charge in [0.2, 0.25) is 0 Å². The van der Waals surface area contributed by atoms with Gasteiger partial charge in [0.15, 0.2) is 0 Å². The van der Waals surface area contributed by atoms with Crippen LogP contribution in [0.15, 0.2) is 30.5 Å². The van der Waals surface area contributed by atoms with Crippen LogP contribution < -0.4 is 10.5 Å². The molecule has 0 spiro atoms. The van der Waals surface area contributed by atoms with E-state index >= 15 is 0 Å². The first-order valence-electron chi connectivity index (χ1n) is 7.10. The number of hydrogen-bond donors (Lipinski definition) is 1. The summed E-state index contributed by atoms with van der Waals surface area (Å²) in [5, 5.41) is 0. The first-order valence-corrected chi connectivity index (χ1v) is 7.10. The minimum Gasteiger partial charge on any atom is -0.493 e. The Labute approximate surface area is 119 Å². The summed E-state index contributed by atoms with van der Waals surface area (Å²) in [6, 6.07) is 8.42. The summed E-state index contributed by atoms with van der Waals surface area (Å²) in [5.41, 5.74) is 11.8. The van der Waals surface area contributed by atoms with Gasteiger partial charge in [0, 0.05) is 23.4 Å². The maximum atomic E-state index is 5.96. The molecule has 3 rings (SSSR count). The van der Waals surface area contributed by atoms with Crippen molar-refractivity contribution < 1.29 is 4.74 Å². The van der Waals surface area contributed by atoms with E-state index in [4.69, 9.17) is 10.5 Å². The van der Waals surface area contributed by atoms with Crippen LogP contribution in [0.3, 0.4) is 0 Å². The van der Waals surface area contributed by atoms with Crippen molar-refractivity contribution in [3.8, 4) is 16.9 Å². The molecule has 0 aliphatic carbocycles. The van der Waals surface area contributed by atoms with Gasteiger partial charge in [0.05, 0.1) is 6.61 Å². The molecule has 0 bridgehead atoms. The Hall–Kier alpha value is -1.87. The Kier molecular flexibility index (Phi) is 3.45. The summed E-state index contributed by atoms with van der Waals surface area (Å²) in [4.78, 5) is 4.35. The Morgan fingerprint density at radius 2 is 2.10 bits per heavy atom. The Bertz CT molecular complexity index is 637. The predicted molar refractivity (Wildman–Crippen MR) is 81.1 cm³/mol. The van der Waals surface area contributed by atoms with Crippen LogP contribution in [-0.4, -0.2) is 18.1 Å². The number of aromatic nitrogens is 1. The SMILES string of the molecule is Cc1nccc(-c2cccc3c2OCC[C@H]3CN)c1C. The van der Waals surface area contributed by atoms with Crippen molar-refractivity contribution in [1.29, 1.82) is 0 Å². The second-order valence-electron chi connectivity index (χ2n) is 5.36. The van der Waals surface area contributed by atoms with Crippen LogP contribution in [0.1, 0.15) is 29.2 Å². The van der Waals surface area contributed by atoms with Crippen molar-refractivity contribution in [1.82, 2.24) is 4.98 Å². The molecule has 2 N–H and O–H groups in total. The van der Waals surface area contributed by atoms with Gasteiger partial charge < -0.3 is 10.5 Å². The highest BCUT2D eigenvalue weighted by atomic mass is 16.5. The van der Waals surface area contributed by atoms with Crippen molar-refractivity contribution in [3.63, 3.8) is 0 Å². The molecule has 2 heterocycles. The lowest BCUT2D eigenvalue weighted by atomic mass is 9.89. The van der Waals surface area contributed by atoms with E-state index in [1.807, 2.05) is 13.1 Å². The summed E-state index contributed by atoms with van der Waals surface area (Å²) in [6.07, 6.45) is 2.86. The molecule has 3 nitrogen and oxygen atoms in total. The summed E-state index contributed by atoms with van der Waals surface area (Å²) in [5.74, 6) is 1.41. The van der Waals surface area contributed by atoms with E-state index < -0.39 is 0 Å². The van der Waals surface area contributed by atoms with Crippen LogP contribution in [0.25, 0.3) is 11.1 Å². The van der Waals surface area contributed by atoms with Gasteiger partial charge in [-0.2, -0.15) is 0 Å². The molecule has 2 aromatic rings. The second-order valence-corrected chi connectivity index (χ2v) is 5.36. The number of pyridine rings is 1. The monoisotopic (exact) mass is 268 g/mol. The molecule has 1 aromatic carbocycles. The molecule has 1 aliphatic heterocycles. The molecule has 20 heavy (non-hydrogen) atoms. The third-order valence-corrected chi connectivity index (χ3v) is 4.23. The zero-order chi connectivity index (χ0) is 14.1. The highest BCUT2D eigenvalue weighted by Crippen LogP contribution is 2.41. The fourth-order valence-electron chi connectivity index (χ4n) is 2.89. The van der Waals surface area contributed by atoms with Gasteiger partial charge >= 0.3 is 0 Å². The van der Waals surface area contributed by atoms with Gasteiger partial charge in [-0.25, -0.2) is 0 Å². The molecular weight excluding hydrogens is 248 g/mol. The zero-order valence-electron chi connectivity index (χ0n) is 12.0. The Morgan fingerprint density at radius 3 is 2.90 bits per heavy atom. The van der Waals surface area contributed by atoms with Crippen LogP contribution >= 0.6 is 0 Å². The van der Waals surface area contributed by atoms with Crippen LogP contribution in [0.2, 0.25) is 0 Å². The maximum Gasteiger partial charge on any atom is 0.130 e. The summed E-state index contributed by atoms with van der Waals surface area (Å²) < 4.78 is 5.96. The number of ether oxygens (including phenoxy) is 1. The quantitative estimate of drug-likeness (QED) is 0.910. The average molecular weight is 268 g/mol. The predicted octanol–water partition coefficient (Wildman–Crippen LogP) is 3.19. The number of benzene rings is 1. The number of fused-ring (bicyclic) bond motifs is 1. The number of rotatable bonds is 2. The van der Waals surface area contributed by atoms with Crippen molar-refractivity contribution in [2.24, 2.45) is 5.73 Å². The van der Waals surface area contributed by atoms with E-state index in [2.05, 4.69) is 36.2 Å². The normalized spacial score (nSPS) is 17.4. The molecule has 0 fully saturated rings. The standard InChI is InChI=1S/C17H20N2O/c1-11-12(2)19-8-6-14(11)16-5-3-4-15-13(10-18)7-9-20-17(15)16/h3-6,8,13H,7,9-10,18H2,1-2H3/t13-/m0/s1. The van der Waals surface area contributed by atoms with Crippen LogP contribution in [0.5, 0.6) is 5.75 Å². The van der Waals surface area contributed by atoms with Gasteiger partial charge in [-0.05, 0) is 49.6 Å². The molecule has 0 saturated heterocycles. The van der Waals surface area contributed by atoms with Gasteiger partial charge in [-0.1, -0.05) is 18.2 Å². The first kappa shape index (κ1) is 13.1. The van der Waals surface area contributed by atoms with Crippen molar-refractivity contribution in [2.45, 2.75) is 26.2 Å². The molecular formula is C17H20N2O. The van der Waals surface area contributed by atoms with E-state index in [0.717, 1.165) is 30.0 Å². The summed E-state index contributed by atoms with van der Waals surface area (Å²) in [7, 11) is 0. The molecule has 1 aliphatic rings. The van der Waals surface area contributed by atoms with E-state index in [-0.39, 0.29) is 0 Å². The number of para-hydroxylation sites is 1. The van der Waals surface area contributed by atoms with Crippen LogP contribution in [-0.2, 0) is 0 Å². The largest absolute Gasteiger partial charge is 0.493 e. The molecule has 1 aromatic heterocycles. The lowest BCUT2D eigenvalue weighted by Gasteiger charge is -2.27. The Morgan fingerprint density at radius 1 is 1.25 bits per heavy atom. The first-order chi connectivity index (χ1) is 9.72. The smallest absolute Gasteiger partial charge is 0.130 e. The fraction of sp³-hybridized carbons (Fsp3) is 0.353. The molecule has 0 amide bonds. The summed E-state index contributed by atoms with van der Waals surface area (Å²) >= 11 is 0. The highest BCUT2D eigenvalue weighted by molar-refractivity contribution is 5.75. The molecule has 104 valence electrons. The topological polar surface area (TPSA) is 48.1 Å². The van der Waals surface area contributed by atoms with Gasteiger partial charge in [-0.15, -0.1) is 0 Å². The van der Waals surface area contributed by atoms with Gasteiger partial charge in [-0.3, -0.25) is 4.98 Å². The minimum absolute atomic E-state index is 0.405. The van der Waals surface area contributed by atoms with E-state index in [1.54, 1.807) is 0 Å². The molecule has 0 saturated carbocycles. The minimum atomic E-state index is 0.405. The third-order valence-electron chi connectivity index (χ3n) is 4.23. The number of nitrogens with two attached hydrogens (primary N) is 1. The molecule has 0 radical (unpaired) electrons. The third kappa shape index (κ3) is 2.08. The van der Waals surface area contributed by atoms with Gasteiger partial charge in [0.25, 0.3) is 0 Å². The fourth-order valence-corrected chi connectivity index (χ4v) is 2.89. The van der Waals surface area contributed by atoms with E-state index in [9.17, 15) is 0 Å². The molecule has 0 unspecified atom stereocenters. The lowest BCUT2D eigenvalue weighted by Crippen LogP contribution is -2.21. The van der Waals surface area contributed by atoms with Crippen molar-refractivity contribution in [3.05, 3.63) is 47.3 Å². The van der Waals surface area contributed by atoms with Crippen molar-refractivity contribution >= 4 is 0 Å². The number of nitrogens with zero attached hydrogens (tertiary/aromatic N) is 1. The molecule has 3 heteroatoms. The second kappa shape index (κ2) is 5.25. The zero-order valence-corrected chi connectivity index (χ0v) is 12.0. The highest BCUT2D eigenvalue weighted by Gasteiger charge is 2.23. The van der Waals surface area contributed by atoms with Crippen LogP contribution in [0.4, 0.5) is 0 Å². The Balaban J connectivity index is 2.18. The molecule has 1 atom stereocenters. The number of hydrogen-bond acceptors (Lipinski definition) is 3. The van der Waals surface area contributed by atoms with E-state index in [1.165, 1.54) is 16.7 Å². The average Bonchev–Trinajstić information content (AvgIpc) is 2.49.